The van der Waals surface area contributed by atoms with Gasteiger partial charge in [-0.25, -0.2) is 4.79 Å². The Hall–Kier alpha value is -2.47. The lowest BCUT2D eigenvalue weighted by atomic mass is 9.65. The van der Waals surface area contributed by atoms with Gasteiger partial charge in [0.25, 0.3) is 0 Å². The van der Waals surface area contributed by atoms with Crippen molar-refractivity contribution in [3.8, 4) is 0 Å². The van der Waals surface area contributed by atoms with Gasteiger partial charge in [0, 0.05) is 29.2 Å². The predicted molar refractivity (Wildman–Crippen MR) is 117 cm³/mol. The fourth-order valence-corrected chi connectivity index (χ4v) is 5.39. The van der Waals surface area contributed by atoms with E-state index in [0.29, 0.717) is 11.6 Å². The maximum atomic E-state index is 12.5. The zero-order valence-electron chi connectivity index (χ0n) is 17.7. The van der Waals surface area contributed by atoms with Gasteiger partial charge in [0.15, 0.2) is 0 Å². The van der Waals surface area contributed by atoms with Crippen LogP contribution in [0.3, 0.4) is 0 Å². The zero-order chi connectivity index (χ0) is 20.9. The molecule has 2 aliphatic carbocycles. The van der Waals surface area contributed by atoms with Gasteiger partial charge < -0.3 is 9.30 Å². The van der Waals surface area contributed by atoms with Crippen molar-refractivity contribution in [1.29, 1.82) is 0 Å². The summed E-state index contributed by atoms with van der Waals surface area (Å²) in [5.74, 6) is 1.85. The lowest BCUT2D eigenvalue weighted by molar-refractivity contribution is -0.0153. The highest BCUT2D eigenvalue weighted by Crippen LogP contribution is 2.53. The van der Waals surface area contributed by atoms with Gasteiger partial charge in [-0.2, -0.15) is 0 Å². The molecule has 0 atom stereocenters. The lowest BCUT2D eigenvalue weighted by Gasteiger charge is -2.45. The highest BCUT2D eigenvalue weighted by Gasteiger charge is 2.54. The van der Waals surface area contributed by atoms with Crippen molar-refractivity contribution >= 4 is 17.3 Å². The van der Waals surface area contributed by atoms with Crippen LogP contribution in [-0.4, -0.2) is 26.8 Å². The van der Waals surface area contributed by atoms with Crippen LogP contribution in [0.15, 0.2) is 47.8 Å². The van der Waals surface area contributed by atoms with Gasteiger partial charge >= 0.3 is 5.97 Å². The number of aromatic nitrogens is 3. The Bertz CT molecular complexity index is 1040. The van der Waals surface area contributed by atoms with E-state index in [9.17, 15) is 4.79 Å². The molecule has 30 heavy (non-hydrogen) atoms. The summed E-state index contributed by atoms with van der Waals surface area (Å²) in [5.41, 5.74) is 0.310. The third kappa shape index (κ3) is 3.27. The second kappa shape index (κ2) is 7.05. The smallest absolute Gasteiger partial charge is 0.338 e. The van der Waals surface area contributed by atoms with E-state index in [-0.39, 0.29) is 22.9 Å². The Labute approximate surface area is 181 Å². The number of ether oxygens (including phenoxy) is 1. The minimum absolute atomic E-state index is 0.0621. The number of nitrogens with zero attached hydrogens (tertiary/aromatic N) is 3. The topological polar surface area (TPSA) is 57.0 Å². The maximum absolute atomic E-state index is 12.5. The fraction of sp³-hybridized carbons (Fsp3) is 0.458. The van der Waals surface area contributed by atoms with Crippen LogP contribution in [0.1, 0.15) is 79.4 Å². The fourth-order valence-electron chi connectivity index (χ4n) is 4.45. The van der Waals surface area contributed by atoms with Crippen LogP contribution in [0.25, 0.3) is 0 Å². The van der Waals surface area contributed by atoms with E-state index in [0.717, 1.165) is 24.5 Å². The molecule has 2 aromatic heterocycles. The largest absolute Gasteiger partial charge is 0.459 e. The molecule has 2 fully saturated rings. The molecule has 0 amide bonds. The molecule has 3 aromatic rings. The average Bonchev–Trinajstić information content (AvgIpc) is 3.19. The number of hydrogen-bond acceptors (Lipinski definition) is 5. The SMILES string of the molecule is CC(C)(C)c1nnc([C@]2(c3cccs3)C[C@H](OC(=O)c3ccccc3)C2)n1C1CC1. The van der Waals surface area contributed by atoms with Crippen molar-refractivity contribution in [2.45, 2.75) is 69.4 Å². The van der Waals surface area contributed by atoms with E-state index in [1.54, 1.807) is 23.5 Å². The van der Waals surface area contributed by atoms with E-state index >= 15 is 0 Å². The molecule has 0 unspecified atom stereocenters. The number of rotatable bonds is 5. The van der Waals surface area contributed by atoms with Gasteiger partial charge in [-0.1, -0.05) is 45.0 Å². The standard InChI is InChI=1S/C24H27N3O2S/c1-23(2,3)21-25-26-22(27(21)17-11-12-17)24(19-10-7-13-30-19)14-18(15-24)29-20(28)16-8-5-4-6-9-16/h4-10,13,17-18H,11-12,14-15H2,1-3H3/t18-,24+. The number of esters is 1. The molecule has 1 aromatic carbocycles. The van der Waals surface area contributed by atoms with Gasteiger partial charge in [-0.3, -0.25) is 0 Å². The molecule has 0 spiro atoms. The molecule has 0 aliphatic heterocycles. The minimum Gasteiger partial charge on any atom is -0.459 e. The summed E-state index contributed by atoms with van der Waals surface area (Å²) in [7, 11) is 0. The summed E-state index contributed by atoms with van der Waals surface area (Å²) in [6.07, 6.45) is 3.76. The normalized spacial score (nSPS) is 23.8. The van der Waals surface area contributed by atoms with Crippen molar-refractivity contribution in [2.24, 2.45) is 0 Å². The number of carbonyl (C=O) groups is 1. The molecule has 0 saturated heterocycles. The van der Waals surface area contributed by atoms with Crippen molar-refractivity contribution in [3.05, 3.63) is 69.9 Å². The summed E-state index contributed by atoms with van der Waals surface area (Å²) in [6, 6.07) is 14.0. The number of benzene rings is 1. The first-order chi connectivity index (χ1) is 14.4. The van der Waals surface area contributed by atoms with E-state index in [2.05, 4.69) is 47.9 Å². The van der Waals surface area contributed by atoms with Crippen molar-refractivity contribution in [2.75, 3.05) is 0 Å². The molecule has 2 heterocycles. The van der Waals surface area contributed by atoms with Crippen molar-refractivity contribution < 1.29 is 9.53 Å². The predicted octanol–water partition coefficient (Wildman–Crippen LogP) is 5.28. The van der Waals surface area contributed by atoms with Crippen LogP contribution in [0.4, 0.5) is 0 Å². The molecular weight excluding hydrogens is 394 g/mol. The van der Waals surface area contributed by atoms with Crippen LogP contribution in [0.5, 0.6) is 0 Å². The Morgan fingerprint density at radius 2 is 1.83 bits per heavy atom. The molecule has 0 radical (unpaired) electrons. The first-order valence-electron chi connectivity index (χ1n) is 10.6. The van der Waals surface area contributed by atoms with Crippen LogP contribution >= 0.6 is 11.3 Å². The molecule has 156 valence electrons. The Kier molecular flexibility index (Phi) is 4.58. The summed E-state index contributed by atoms with van der Waals surface area (Å²) in [6.45, 7) is 6.59. The number of hydrogen-bond donors (Lipinski definition) is 0. The van der Waals surface area contributed by atoms with Crippen LogP contribution in [0, 0.1) is 0 Å². The van der Waals surface area contributed by atoms with E-state index in [1.165, 1.54) is 17.7 Å². The second-order valence-electron chi connectivity index (χ2n) is 9.56. The molecule has 5 nitrogen and oxygen atoms in total. The van der Waals surface area contributed by atoms with Crippen LogP contribution in [-0.2, 0) is 15.6 Å². The van der Waals surface area contributed by atoms with Gasteiger partial charge in [-0.05, 0) is 36.4 Å². The molecule has 6 heteroatoms. The van der Waals surface area contributed by atoms with Crippen LogP contribution in [0.2, 0.25) is 0 Å². The summed E-state index contributed by atoms with van der Waals surface area (Å²) in [4.78, 5) is 13.8. The quantitative estimate of drug-likeness (QED) is 0.526. The molecule has 2 aliphatic rings. The number of carbonyl (C=O) groups excluding carboxylic acids is 1. The maximum Gasteiger partial charge on any atom is 0.338 e. The van der Waals surface area contributed by atoms with E-state index in [4.69, 9.17) is 9.84 Å². The third-order valence-corrected chi connectivity index (χ3v) is 7.21. The van der Waals surface area contributed by atoms with Crippen LogP contribution < -0.4 is 0 Å². The Morgan fingerprint density at radius 1 is 1.10 bits per heavy atom. The molecular formula is C24H27N3O2S. The monoisotopic (exact) mass is 421 g/mol. The molecule has 5 rings (SSSR count). The Morgan fingerprint density at radius 3 is 2.43 bits per heavy atom. The molecule has 0 N–H and O–H groups in total. The van der Waals surface area contributed by atoms with Gasteiger partial charge in [0.05, 0.1) is 11.0 Å². The number of thiophene rings is 1. The van der Waals surface area contributed by atoms with Gasteiger partial charge in [0.2, 0.25) is 0 Å². The van der Waals surface area contributed by atoms with Crippen molar-refractivity contribution in [1.82, 2.24) is 14.8 Å². The first-order valence-corrected chi connectivity index (χ1v) is 11.5. The van der Waals surface area contributed by atoms with Crippen molar-refractivity contribution in [3.63, 3.8) is 0 Å². The zero-order valence-corrected chi connectivity index (χ0v) is 18.5. The van der Waals surface area contributed by atoms with Gasteiger partial charge in [-0.15, -0.1) is 21.5 Å². The summed E-state index contributed by atoms with van der Waals surface area (Å²) >= 11 is 1.75. The third-order valence-electron chi connectivity index (χ3n) is 6.13. The minimum atomic E-state index is -0.251. The lowest BCUT2D eigenvalue weighted by Crippen LogP contribution is -2.49. The molecule has 2 saturated carbocycles. The second-order valence-corrected chi connectivity index (χ2v) is 10.5. The Balaban J connectivity index is 1.46. The molecule has 0 bridgehead atoms. The van der Waals surface area contributed by atoms with Gasteiger partial charge in [0.1, 0.15) is 17.8 Å². The van der Waals surface area contributed by atoms with E-state index < -0.39 is 0 Å². The average molecular weight is 422 g/mol. The highest BCUT2D eigenvalue weighted by atomic mass is 32.1. The summed E-state index contributed by atoms with van der Waals surface area (Å²) in [5, 5.41) is 11.5. The van der Waals surface area contributed by atoms with E-state index in [1.807, 2.05) is 18.2 Å². The first kappa shape index (κ1) is 19.5. The highest BCUT2D eigenvalue weighted by molar-refractivity contribution is 7.10. The summed E-state index contributed by atoms with van der Waals surface area (Å²) < 4.78 is 8.24.